The van der Waals surface area contributed by atoms with Crippen molar-refractivity contribution in [1.29, 1.82) is 0 Å². The number of methoxy groups -OCH3 is 1. The highest BCUT2D eigenvalue weighted by Crippen LogP contribution is 2.26. The number of carbonyl (C=O) groups excluding carboxylic acids is 1. The summed E-state index contributed by atoms with van der Waals surface area (Å²) in [7, 11) is 1.31. The van der Waals surface area contributed by atoms with Crippen molar-refractivity contribution in [1.82, 2.24) is 10.4 Å². The van der Waals surface area contributed by atoms with E-state index in [-0.39, 0.29) is 12.3 Å². The summed E-state index contributed by atoms with van der Waals surface area (Å²) in [6.45, 7) is 5.31. The lowest BCUT2D eigenvalue weighted by molar-refractivity contribution is -0.147. The summed E-state index contributed by atoms with van der Waals surface area (Å²) in [5.41, 5.74) is 5.16. The summed E-state index contributed by atoms with van der Waals surface area (Å²) in [5, 5.41) is 5.18. The molecule has 2 aromatic rings. The number of ether oxygens (including phenoxy) is 3. The summed E-state index contributed by atoms with van der Waals surface area (Å²) in [6, 6.07) is 10.2. The highest BCUT2D eigenvalue weighted by Gasteiger charge is 2.18. The molecule has 0 amide bonds. The largest absolute Gasteiger partial charge is 0.489 e. The van der Waals surface area contributed by atoms with Crippen LogP contribution in [0.2, 0.25) is 0 Å². The van der Waals surface area contributed by atoms with Crippen LogP contribution in [0.25, 0.3) is 0 Å². The van der Waals surface area contributed by atoms with Gasteiger partial charge in [-0.05, 0) is 62.7 Å². The predicted molar refractivity (Wildman–Crippen MR) is 124 cm³/mol. The third-order valence-electron chi connectivity index (χ3n) is 4.99. The summed E-state index contributed by atoms with van der Waals surface area (Å²) >= 11 is 5.36. The number of nitrogens with zero attached hydrogens (tertiary/aromatic N) is 1. The molecule has 172 valence electrons. The standard InChI is InChI=1S/C23H28FN3O4S/c1-15-6-7-17(21(12-15)31-16(2)22(28)29-3)14-30-18-8-9-20(19(24)13-18)26-23(32)27-11-5-4-10-25-27/h6-9,12-13,16,25H,4-5,10-11,14H2,1-3H3,(H,26,32). The van der Waals surface area contributed by atoms with Crippen LogP contribution in [-0.2, 0) is 16.1 Å². The van der Waals surface area contributed by atoms with Gasteiger partial charge in [0.15, 0.2) is 11.2 Å². The zero-order valence-electron chi connectivity index (χ0n) is 18.4. The van der Waals surface area contributed by atoms with Gasteiger partial charge < -0.3 is 19.5 Å². The van der Waals surface area contributed by atoms with Gasteiger partial charge in [-0.15, -0.1) is 0 Å². The number of esters is 1. The number of halogens is 1. The fourth-order valence-electron chi connectivity index (χ4n) is 3.19. The molecule has 3 rings (SSSR count). The lowest BCUT2D eigenvalue weighted by Crippen LogP contribution is -2.48. The molecule has 1 saturated heterocycles. The molecular formula is C23H28FN3O4S. The Hall–Kier alpha value is -2.91. The first kappa shape index (κ1) is 23.7. The van der Waals surface area contributed by atoms with Gasteiger partial charge in [0.2, 0.25) is 0 Å². The maximum absolute atomic E-state index is 14.6. The van der Waals surface area contributed by atoms with Crippen LogP contribution in [0.3, 0.4) is 0 Å². The smallest absolute Gasteiger partial charge is 0.346 e. The van der Waals surface area contributed by atoms with Crippen molar-refractivity contribution < 1.29 is 23.4 Å². The number of hydrogen-bond acceptors (Lipinski definition) is 6. The first-order valence-electron chi connectivity index (χ1n) is 10.5. The summed E-state index contributed by atoms with van der Waals surface area (Å²) in [5.74, 6) is -0.0635. The van der Waals surface area contributed by atoms with Crippen LogP contribution in [0.1, 0.15) is 30.9 Å². The molecule has 1 aliphatic heterocycles. The third-order valence-corrected chi connectivity index (χ3v) is 5.31. The average molecular weight is 462 g/mol. The van der Waals surface area contributed by atoms with Crippen molar-refractivity contribution in [2.75, 3.05) is 25.5 Å². The zero-order valence-corrected chi connectivity index (χ0v) is 19.3. The van der Waals surface area contributed by atoms with E-state index in [1.807, 2.05) is 30.1 Å². The van der Waals surface area contributed by atoms with Gasteiger partial charge in [-0.2, -0.15) is 0 Å². The normalized spacial score (nSPS) is 14.4. The number of benzene rings is 2. The molecule has 2 aromatic carbocycles. The Labute approximate surface area is 192 Å². The molecule has 1 atom stereocenters. The topological polar surface area (TPSA) is 72.1 Å². The van der Waals surface area contributed by atoms with Gasteiger partial charge >= 0.3 is 5.97 Å². The lowest BCUT2D eigenvalue weighted by atomic mass is 10.1. The molecule has 0 bridgehead atoms. The van der Waals surface area contributed by atoms with E-state index in [2.05, 4.69) is 10.7 Å². The molecule has 0 aromatic heterocycles. The first-order valence-corrected chi connectivity index (χ1v) is 10.9. The van der Waals surface area contributed by atoms with E-state index in [0.29, 0.717) is 16.6 Å². The Morgan fingerprint density at radius 1 is 1.28 bits per heavy atom. The fraction of sp³-hybridized carbons (Fsp3) is 0.391. The van der Waals surface area contributed by atoms with Gasteiger partial charge in [0.05, 0.1) is 12.8 Å². The number of nitrogens with one attached hydrogen (secondary N) is 2. The molecule has 1 unspecified atom stereocenters. The van der Waals surface area contributed by atoms with Crippen molar-refractivity contribution in [3.63, 3.8) is 0 Å². The van der Waals surface area contributed by atoms with Crippen LogP contribution < -0.4 is 20.2 Å². The molecule has 7 nitrogen and oxygen atoms in total. The minimum atomic E-state index is -0.762. The van der Waals surface area contributed by atoms with Crippen LogP contribution in [0.4, 0.5) is 10.1 Å². The van der Waals surface area contributed by atoms with E-state index in [1.54, 1.807) is 19.1 Å². The number of anilines is 1. The fourth-order valence-corrected chi connectivity index (χ4v) is 3.45. The van der Waals surface area contributed by atoms with E-state index in [1.165, 1.54) is 13.2 Å². The summed E-state index contributed by atoms with van der Waals surface area (Å²) in [6.07, 6.45) is 1.36. The molecule has 0 aliphatic carbocycles. The second-order valence-corrected chi connectivity index (χ2v) is 7.91. The first-order chi connectivity index (χ1) is 15.4. The van der Waals surface area contributed by atoms with Crippen molar-refractivity contribution in [2.24, 2.45) is 0 Å². The zero-order chi connectivity index (χ0) is 23.1. The number of hydrogen-bond donors (Lipinski definition) is 2. The van der Waals surface area contributed by atoms with Gasteiger partial charge in [-0.1, -0.05) is 12.1 Å². The van der Waals surface area contributed by atoms with Gasteiger partial charge in [-0.3, -0.25) is 5.01 Å². The lowest BCUT2D eigenvalue weighted by Gasteiger charge is -2.30. The molecular weight excluding hydrogens is 433 g/mol. The van der Waals surface area contributed by atoms with Gasteiger partial charge in [0.25, 0.3) is 0 Å². The van der Waals surface area contributed by atoms with Gasteiger partial charge in [0, 0.05) is 24.7 Å². The molecule has 32 heavy (non-hydrogen) atoms. The number of hydrazine groups is 1. The maximum atomic E-state index is 14.6. The summed E-state index contributed by atoms with van der Waals surface area (Å²) < 4.78 is 30.9. The highest BCUT2D eigenvalue weighted by atomic mass is 32.1. The minimum absolute atomic E-state index is 0.145. The second-order valence-electron chi connectivity index (χ2n) is 7.52. The molecule has 2 N–H and O–H groups in total. The minimum Gasteiger partial charge on any atom is -0.489 e. The molecule has 1 heterocycles. The van der Waals surface area contributed by atoms with E-state index in [9.17, 15) is 9.18 Å². The Morgan fingerprint density at radius 3 is 2.78 bits per heavy atom. The Bertz CT molecular complexity index is 966. The maximum Gasteiger partial charge on any atom is 0.346 e. The number of aryl methyl sites for hydroxylation is 1. The van der Waals surface area contributed by atoms with Crippen molar-refractivity contribution in [3.05, 3.63) is 53.3 Å². The van der Waals surface area contributed by atoms with Crippen molar-refractivity contribution in [2.45, 2.75) is 39.4 Å². The number of rotatable bonds is 7. The van der Waals surface area contributed by atoms with E-state index in [4.69, 9.17) is 26.4 Å². The van der Waals surface area contributed by atoms with Crippen LogP contribution in [0.5, 0.6) is 11.5 Å². The quantitative estimate of drug-likeness (QED) is 0.475. The Balaban J connectivity index is 1.64. The van der Waals surface area contributed by atoms with Crippen LogP contribution in [0, 0.1) is 12.7 Å². The third kappa shape index (κ3) is 6.30. The Morgan fingerprint density at radius 2 is 2.09 bits per heavy atom. The molecule has 1 aliphatic rings. The average Bonchev–Trinajstić information content (AvgIpc) is 2.80. The van der Waals surface area contributed by atoms with Crippen molar-refractivity contribution >= 4 is 29.0 Å². The monoisotopic (exact) mass is 461 g/mol. The van der Waals surface area contributed by atoms with Crippen LogP contribution >= 0.6 is 12.2 Å². The molecule has 1 fully saturated rings. The van der Waals surface area contributed by atoms with Crippen LogP contribution in [0.15, 0.2) is 36.4 Å². The Kier molecular flexibility index (Phi) is 8.24. The summed E-state index contributed by atoms with van der Waals surface area (Å²) in [4.78, 5) is 11.7. The predicted octanol–water partition coefficient (Wildman–Crippen LogP) is 3.95. The van der Waals surface area contributed by atoms with Gasteiger partial charge in [-0.25, -0.2) is 14.6 Å². The number of thiocarbonyl (C=S) groups is 1. The van der Waals surface area contributed by atoms with Crippen LogP contribution in [-0.4, -0.2) is 42.4 Å². The highest BCUT2D eigenvalue weighted by molar-refractivity contribution is 7.80. The molecule has 0 radical (unpaired) electrons. The SMILES string of the molecule is COC(=O)C(C)Oc1cc(C)ccc1COc1ccc(NC(=S)N2CCCCN2)c(F)c1. The molecule has 0 spiro atoms. The van der Waals surface area contributed by atoms with E-state index < -0.39 is 17.9 Å². The second kappa shape index (κ2) is 11.1. The van der Waals surface area contributed by atoms with Gasteiger partial charge in [0.1, 0.15) is 23.9 Å². The van der Waals surface area contributed by atoms with Crippen molar-refractivity contribution in [3.8, 4) is 11.5 Å². The molecule has 9 heteroatoms. The van der Waals surface area contributed by atoms with E-state index >= 15 is 0 Å². The molecule has 0 saturated carbocycles. The van der Waals surface area contributed by atoms with E-state index in [0.717, 1.165) is 37.1 Å². The number of carbonyl (C=O) groups is 1.